The average Bonchev–Trinajstić information content (AvgIpc) is 3.00. The summed E-state index contributed by atoms with van der Waals surface area (Å²) in [6.07, 6.45) is 3.12. The fourth-order valence-electron chi connectivity index (χ4n) is 2.64. The van der Waals surface area contributed by atoms with Crippen LogP contribution in [-0.2, 0) is 17.6 Å². The Labute approximate surface area is 141 Å². The van der Waals surface area contributed by atoms with E-state index in [2.05, 4.69) is 27.7 Å². The van der Waals surface area contributed by atoms with Crippen molar-refractivity contribution < 1.29 is 9.53 Å². The van der Waals surface area contributed by atoms with E-state index in [0.717, 1.165) is 34.8 Å². The van der Waals surface area contributed by atoms with Gasteiger partial charge in [0.2, 0.25) is 5.91 Å². The fourth-order valence-corrected chi connectivity index (χ4v) is 2.64. The highest BCUT2D eigenvalue weighted by atomic mass is 16.5. The molecule has 0 atom stereocenters. The van der Waals surface area contributed by atoms with Gasteiger partial charge >= 0.3 is 0 Å². The molecule has 3 rings (SSSR count). The molecule has 0 bridgehead atoms. The molecule has 0 fully saturated rings. The summed E-state index contributed by atoms with van der Waals surface area (Å²) in [5, 5.41) is 2.95. The molecule has 0 spiro atoms. The number of methoxy groups -OCH3 is 1. The van der Waals surface area contributed by atoms with Crippen LogP contribution in [0.4, 0.5) is 0 Å². The molecule has 124 valence electrons. The average molecular weight is 323 g/mol. The first-order valence-electron chi connectivity index (χ1n) is 7.99. The van der Waals surface area contributed by atoms with Crippen LogP contribution in [-0.4, -0.2) is 28.9 Å². The van der Waals surface area contributed by atoms with E-state index in [4.69, 9.17) is 4.74 Å². The number of fused-ring (bicyclic) bond motifs is 1. The molecule has 0 radical (unpaired) electrons. The monoisotopic (exact) mass is 323 g/mol. The van der Waals surface area contributed by atoms with Gasteiger partial charge in [-0.05, 0) is 36.8 Å². The van der Waals surface area contributed by atoms with E-state index in [1.165, 1.54) is 0 Å². The molecule has 0 unspecified atom stereocenters. The Morgan fingerprint density at radius 3 is 2.71 bits per heavy atom. The van der Waals surface area contributed by atoms with Crippen LogP contribution in [0.2, 0.25) is 0 Å². The second-order valence-corrected chi connectivity index (χ2v) is 5.75. The summed E-state index contributed by atoms with van der Waals surface area (Å²) >= 11 is 0. The highest BCUT2D eigenvalue weighted by Gasteiger charge is 2.06. The topological polar surface area (TPSA) is 55.6 Å². The molecule has 0 aliphatic carbocycles. The van der Waals surface area contributed by atoms with E-state index in [9.17, 15) is 4.79 Å². The molecule has 1 N–H and O–H groups in total. The van der Waals surface area contributed by atoms with Gasteiger partial charge in [0.15, 0.2) is 0 Å². The lowest BCUT2D eigenvalue weighted by atomic mass is 10.1. The van der Waals surface area contributed by atoms with Crippen LogP contribution in [0.3, 0.4) is 0 Å². The van der Waals surface area contributed by atoms with Crippen LogP contribution in [0, 0.1) is 6.92 Å². The van der Waals surface area contributed by atoms with Crippen molar-refractivity contribution in [2.24, 2.45) is 0 Å². The maximum Gasteiger partial charge on any atom is 0.224 e. The zero-order chi connectivity index (χ0) is 16.9. The van der Waals surface area contributed by atoms with Crippen molar-refractivity contribution in [3.8, 4) is 5.75 Å². The molecule has 0 aliphatic heterocycles. The highest BCUT2D eigenvalue weighted by molar-refractivity contribution is 5.78. The van der Waals surface area contributed by atoms with Crippen molar-refractivity contribution in [3.05, 3.63) is 65.6 Å². The van der Waals surface area contributed by atoms with Crippen LogP contribution < -0.4 is 10.1 Å². The van der Waals surface area contributed by atoms with E-state index in [1.807, 2.05) is 42.6 Å². The summed E-state index contributed by atoms with van der Waals surface area (Å²) in [4.78, 5) is 16.6. The zero-order valence-corrected chi connectivity index (χ0v) is 14.0. The highest BCUT2D eigenvalue weighted by Crippen LogP contribution is 2.12. The molecular formula is C19H21N3O2. The lowest BCUT2D eigenvalue weighted by Gasteiger charge is -2.05. The number of hydrogen-bond donors (Lipinski definition) is 1. The zero-order valence-electron chi connectivity index (χ0n) is 14.0. The first-order valence-corrected chi connectivity index (χ1v) is 7.99. The Hall–Kier alpha value is -2.82. The number of ether oxygens (including phenoxy) is 1. The molecule has 5 heteroatoms. The van der Waals surface area contributed by atoms with Crippen molar-refractivity contribution >= 4 is 11.6 Å². The third-order valence-electron chi connectivity index (χ3n) is 3.97. The normalized spacial score (nSPS) is 10.8. The number of rotatable bonds is 6. The van der Waals surface area contributed by atoms with Crippen LogP contribution in [0.5, 0.6) is 5.75 Å². The van der Waals surface area contributed by atoms with Crippen LogP contribution in [0.15, 0.2) is 48.7 Å². The molecule has 3 aromatic rings. The predicted octanol–water partition coefficient (Wildman–Crippen LogP) is 2.55. The van der Waals surface area contributed by atoms with E-state index in [0.29, 0.717) is 13.0 Å². The van der Waals surface area contributed by atoms with Gasteiger partial charge in [-0.15, -0.1) is 0 Å². The van der Waals surface area contributed by atoms with Gasteiger partial charge in [-0.1, -0.05) is 18.2 Å². The summed E-state index contributed by atoms with van der Waals surface area (Å²) in [5.41, 5.74) is 4.04. The summed E-state index contributed by atoms with van der Waals surface area (Å²) in [6.45, 7) is 2.63. The van der Waals surface area contributed by atoms with E-state index >= 15 is 0 Å². The van der Waals surface area contributed by atoms with Crippen molar-refractivity contribution in [1.29, 1.82) is 0 Å². The van der Waals surface area contributed by atoms with Gasteiger partial charge in [0.25, 0.3) is 0 Å². The number of aryl methyl sites for hydroxylation is 1. The van der Waals surface area contributed by atoms with Crippen molar-refractivity contribution in [2.75, 3.05) is 13.7 Å². The predicted molar refractivity (Wildman–Crippen MR) is 93.3 cm³/mol. The minimum atomic E-state index is 0.0140. The number of amides is 1. The molecule has 0 saturated heterocycles. The number of pyridine rings is 1. The maximum atomic E-state index is 12.0. The molecule has 1 amide bonds. The lowest BCUT2D eigenvalue weighted by Crippen LogP contribution is -2.27. The molecule has 5 nitrogen and oxygen atoms in total. The number of carbonyl (C=O) groups is 1. The summed E-state index contributed by atoms with van der Waals surface area (Å²) in [7, 11) is 1.63. The Kier molecular flexibility index (Phi) is 4.79. The Morgan fingerprint density at radius 1 is 1.21 bits per heavy atom. The Bertz CT molecular complexity index is 837. The SMILES string of the molecule is COc1ccc(CC(=O)NCCc2cn3c(C)cccc3n2)cc1. The number of carbonyl (C=O) groups excluding carboxylic acids is 1. The third-order valence-corrected chi connectivity index (χ3v) is 3.97. The van der Waals surface area contributed by atoms with Gasteiger partial charge < -0.3 is 14.5 Å². The number of hydrogen-bond acceptors (Lipinski definition) is 3. The van der Waals surface area contributed by atoms with Gasteiger partial charge in [0, 0.05) is 24.9 Å². The molecule has 2 heterocycles. The van der Waals surface area contributed by atoms with Crippen molar-refractivity contribution in [3.63, 3.8) is 0 Å². The molecule has 0 aliphatic rings. The number of nitrogens with zero attached hydrogens (tertiary/aromatic N) is 2. The first-order chi connectivity index (χ1) is 11.7. The number of nitrogens with one attached hydrogen (secondary N) is 1. The fraction of sp³-hybridized carbons (Fsp3) is 0.263. The quantitative estimate of drug-likeness (QED) is 0.758. The van der Waals surface area contributed by atoms with Crippen LogP contribution >= 0.6 is 0 Å². The third kappa shape index (κ3) is 3.74. The van der Waals surface area contributed by atoms with E-state index < -0.39 is 0 Å². The minimum Gasteiger partial charge on any atom is -0.497 e. The van der Waals surface area contributed by atoms with Gasteiger partial charge in [-0.2, -0.15) is 0 Å². The number of aromatic nitrogens is 2. The summed E-state index contributed by atoms with van der Waals surface area (Å²) in [5.74, 6) is 0.807. The minimum absolute atomic E-state index is 0.0140. The Morgan fingerprint density at radius 2 is 2.00 bits per heavy atom. The lowest BCUT2D eigenvalue weighted by molar-refractivity contribution is -0.120. The van der Waals surface area contributed by atoms with Gasteiger partial charge in [-0.3, -0.25) is 4.79 Å². The van der Waals surface area contributed by atoms with E-state index in [-0.39, 0.29) is 5.91 Å². The van der Waals surface area contributed by atoms with Crippen molar-refractivity contribution in [2.45, 2.75) is 19.8 Å². The van der Waals surface area contributed by atoms with Crippen LogP contribution in [0.25, 0.3) is 5.65 Å². The Balaban J connectivity index is 1.51. The molecular weight excluding hydrogens is 302 g/mol. The second kappa shape index (κ2) is 7.17. The maximum absolute atomic E-state index is 12.0. The largest absolute Gasteiger partial charge is 0.497 e. The first kappa shape index (κ1) is 16.1. The standard InChI is InChI=1S/C19H21N3O2/c1-14-4-3-5-18-21-16(13-22(14)18)10-11-20-19(23)12-15-6-8-17(24-2)9-7-15/h3-9,13H,10-12H2,1-2H3,(H,20,23). The van der Waals surface area contributed by atoms with Gasteiger partial charge in [0.05, 0.1) is 19.2 Å². The summed E-state index contributed by atoms with van der Waals surface area (Å²) < 4.78 is 7.18. The number of imidazole rings is 1. The smallest absolute Gasteiger partial charge is 0.224 e. The van der Waals surface area contributed by atoms with E-state index in [1.54, 1.807) is 7.11 Å². The summed E-state index contributed by atoms with van der Waals surface area (Å²) in [6, 6.07) is 13.6. The second-order valence-electron chi connectivity index (χ2n) is 5.75. The van der Waals surface area contributed by atoms with Crippen molar-refractivity contribution in [1.82, 2.24) is 14.7 Å². The molecule has 24 heavy (non-hydrogen) atoms. The molecule has 1 aromatic carbocycles. The van der Waals surface area contributed by atoms with Gasteiger partial charge in [0.1, 0.15) is 11.4 Å². The molecule has 2 aromatic heterocycles. The number of benzene rings is 1. The molecule has 0 saturated carbocycles. The van der Waals surface area contributed by atoms with Crippen LogP contribution in [0.1, 0.15) is 17.0 Å². The van der Waals surface area contributed by atoms with Gasteiger partial charge in [-0.25, -0.2) is 4.98 Å².